The number of ether oxygens (including phenoxy) is 2. The average Bonchev–Trinajstić information content (AvgIpc) is 3.20. The number of rotatable bonds is 5. The molecule has 11 heteroatoms. The molecule has 3 N–H and O–H groups in total. The second kappa shape index (κ2) is 7.83. The van der Waals surface area contributed by atoms with Gasteiger partial charge in [0.05, 0.1) is 12.1 Å². The van der Waals surface area contributed by atoms with E-state index in [1.165, 1.54) is 13.8 Å². The number of amides is 1. The Morgan fingerprint density at radius 2 is 2.16 bits per heavy atom. The van der Waals surface area contributed by atoms with Gasteiger partial charge in [0.1, 0.15) is 35.9 Å². The molecule has 3 heterocycles. The maximum absolute atomic E-state index is 13.9. The second-order valence-corrected chi connectivity index (χ2v) is 8.21. The third kappa shape index (κ3) is 3.64. The van der Waals surface area contributed by atoms with Crippen molar-refractivity contribution in [2.24, 2.45) is 5.73 Å². The topological polar surface area (TPSA) is 112 Å². The van der Waals surface area contributed by atoms with Crippen molar-refractivity contribution in [1.29, 1.82) is 0 Å². The van der Waals surface area contributed by atoms with E-state index in [1.807, 2.05) is 0 Å². The van der Waals surface area contributed by atoms with Crippen LogP contribution in [0.5, 0.6) is 5.75 Å². The molecule has 2 atom stereocenters. The number of benzene rings is 1. The highest BCUT2D eigenvalue weighted by molar-refractivity contribution is 5.83. The quantitative estimate of drug-likeness (QED) is 0.676. The number of hydrogen-bond donors (Lipinski definition) is 2. The van der Waals surface area contributed by atoms with Crippen molar-refractivity contribution >= 4 is 23.4 Å². The number of carbonyl (C=O) groups is 1. The number of nitrogens with two attached hydrogens (primary N) is 1. The number of halogens is 2. The van der Waals surface area contributed by atoms with Crippen molar-refractivity contribution in [3.63, 3.8) is 0 Å². The monoisotopic (exact) mass is 447 g/mol. The fourth-order valence-corrected chi connectivity index (χ4v) is 3.92. The minimum absolute atomic E-state index is 0.159. The van der Waals surface area contributed by atoms with Gasteiger partial charge in [-0.25, -0.2) is 18.6 Å². The number of nitrogens with zero attached hydrogens (tertiary/aromatic N) is 3. The molecule has 170 valence electrons. The fourth-order valence-electron chi connectivity index (χ4n) is 3.92. The molecule has 0 saturated carbocycles. The SMILES string of the molecule is CC(Nc1ccc2c(c1)OCCn1cc(N3C(=C=O)OC(C)(C)[C@H]3C(F)F)nc1-2)C(N)=O. The number of anilines is 2. The Morgan fingerprint density at radius 1 is 1.41 bits per heavy atom. The molecule has 0 bridgehead atoms. The van der Waals surface area contributed by atoms with Gasteiger partial charge in [-0.05, 0) is 32.9 Å². The molecule has 1 aromatic heterocycles. The van der Waals surface area contributed by atoms with Gasteiger partial charge in [-0.2, -0.15) is 0 Å². The molecule has 2 aliphatic rings. The number of hydrogen-bond acceptors (Lipinski definition) is 7. The summed E-state index contributed by atoms with van der Waals surface area (Å²) in [6.07, 6.45) is -1.19. The van der Waals surface area contributed by atoms with E-state index in [0.29, 0.717) is 36.0 Å². The van der Waals surface area contributed by atoms with Crippen LogP contribution in [0, 0.1) is 0 Å². The Labute approximate surface area is 182 Å². The van der Waals surface area contributed by atoms with E-state index in [1.54, 1.807) is 41.8 Å². The van der Waals surface area contributed by atoms with Crippen molar-refractivity contribution in [3.8, 4) is 17.1 Å². The van der Waals surface area contributed by atoms with E-state index in [9.17, 15) is 18.4 Å². The van der Waals surface area contributed by atoms with E-state index in [-0.39, 0.29) is 11.7 Å². The second-order valence-electron chi connectivity index (χ2n) is 8.21. The van der Waals surface area contributed by atoms with Gasteiger partial charge in [-0.1, -0.05) is 0 Å². The van der Waals surface area contributed by atoms with Crippen LogP contribution in [0.3, 0.4) is 0 Å². The van der Waals surface area contributed by atoms with Crippen molar-refractivity contribution in [2.45, 2.75) is 51.4 Å². The summed E-state index contributed by atoms with van der Waals surface area (Å²) >= 11 is 0. The molecular formula is C21H23F2N5O4. The molecule has 1 amide bonds. The predicted molar refractivity (Wildman–Crippen MR) is 112 cm³/mol. The molecule has 0 radical (unpaired) electrons. The van der Waals surface area contributed by atoms with Gasteiger partial charge in [-0.15, -0.1) is 0 Å². The molecule has 32 heavy (non-hydrogen) atoms. The number of fused-ring (bicyclic) bond motifs is 3. The third-order valence-corrected chi connectivity index (χ3v) is 5.53. The molecule has 1 saturated heterocycles. The van der Waals surface area contributed by atoms with Crippen LogP contribution in [0.25, 0.3) is 11.4 Å². The van der Waals surface area contributed by atoms with Crippen molar-refractivity contribution in [2.75, 3.05) is 16.8 Å². The Kier molecular flexibility index (Phi) is 5.29. The Bertz CT molecular complexity index is 1110. The summed E-state index contributed by atoms with van der Waals surface area (Å²) in [5, 5.41) is 2.99. The van der Waals surface area contributed by atoms with Crippen LogP contribution in [-0.4, -0.2) is 52.1 Å². The summed E-state index contributed by atoms with van der Waals surface area (Å²) in [6, 6.07) is 3.23. The molecular weight excluding hydrogens is 424 g/mol. The summed E-state index contributed by atoms with van der Waals surface area (Å²) in [5.41, 5.74) is 5.27. The molecule has 1 aromatic carbocycles. The van der Waals surface area contributed by atoms with Crippen LogP contribution in [0.2, 0.25) is 0 Å². The normalized spacial score (nSPS) is 19.9. The largest absolute Gasteiger partial charge is 0.491 e. The lowest BCUT2D eigenvalue weighted by molar-refractivity contribution is -0.118. The maximum Gasteiger partial charge on any atom is 0.285 e. The van der Waals surface area contributed by atoms with Gasteiger partial charge >= 0.3 is 0 Å². The third-order valence-electron chi connectivity index (χ3n) is 5.53. The Morgan fingerprint density at radius 3 is 2.81 bits per heavy atom. The summed E-state index contributed by atoms with van der Waals surface area (Å²) in [7, 11) is 0. The van der Waals surface area contributed by atoms with E-state index >= 15 is 0 Å². The van der Waals surface area contributed by atoms with Crippen LogP contribution in [0.15, 0.2) is 30.3 Å². The number of aromatic nitrogens is 2. The minimum Gasteiger partial charge on any atom is -0.491 e. The highest BCUT2D eigenvalue weighted by Crippen LogP contribution is 2.42. The highest BCUT2D eigenvalue weighted by Gasteiger charge is 2.52. The van der Waals surface area contributed by atoms with Gasteiger partial charge in [0.2, 0.25) is 5.91 Å². The summed E-state index contributed by atoms with van der Waals surface area (Å²) in [5.74, 6) is 1.95. The van der Waals surface area contributed by atoms with Crippen LogP contribution >= 0.6 is 0 Å². The van der Waals surface area contributed by atoms with Gasteiger partial charge in [0.25, 0.3) is 12.3 Å². The van der Waals surface area contributed by atoms with Gasteiger partial charge < -0.3 is 25.1 Å². The summed E-state index contributed by atoms with van der Waals surface area (Å²) in [4.78, 5) is 28.4. The Balaban J connectivity index is 1.74. The fraction of sp³-hybridized carbons (Fsp3) is 0.429. The first kappa shape index (κ1) is 21.6. The van der Waals surface area contributed by atoms with Crippen LogP contribution in [0.4, 0.5) is 20.3 Å². The highest BCUT2D eigenvalue weighted by atomic mass is 19.3. The van der Waals surface area contributed by atoms with Crippen LogP contribution in [0.1, 0.15) is 20.8 Å². The molecule has 0 aliphatic carbocycles. The van der Waals surface area contributed by atoms with Crippen LogP contribution < -0.4 is 20.7 Å². The van der Waals surface area contributed by atoms with E-state index in [4.69, 9.17) is 15.2 Å². The van der Waals surface area contributed by atoms with Crippen molar-refractivity contribution in [3.05, 3.63) is 30.3 Å². The van der Waals surface area contributed by atoms with E-state index < -0.39 is 30.0 Å². The zero-order valence-electron chi connectivity index (χ0n) is 17.8. The summed E-state index contributed by atoms with van der Waals surface area (Å²) < 4.78 is 40.9. The number of alkyl halides is 2. The first-order valence-electron chi connectivity index (χ1n) is 10.0. The molecule has 1 unspecified atom stereocenters. The lowest BCUT2D eigenvalue weighted by Gasteiger charge is -2.27. The number of imidazole rings is 1. The van der Waals surface area contributed by atoms with Crippen molar-refractivity contribution in [1.82, 2.24) is 9.55 Å². The standard InChI is InChI=1S/C21H23F2N5O4/c1-11(19(24)30)25-12-4-5-13-14(8-12)31-7-6-27-9-15(26-20(13)27)28-16(10-29)32-21(2,3)17(28)18(22)23/h4-5,8-9,11,17-18,25H,6-7H2,1-3H3,(H2,24,30)/t11?,17-/m1/s1. The molecule has 2 aromatic rings. The maximum atomic E-state index is 13.9. The number of nitrogens with one attached hydrogen (secondary N) is 1. The predicted octanol–water partition coefficient (Wildman–Crippen LogP) is 2.15. The zero-order chi connectivity index (χ0) is 23.2. The smallest absolute Gasteiger partial charge is 0.285 e. The molecule has 9 nitrogen and oxygen atoms in total. The molecule has 0 spiro atoms. The number of carbonyl (C=O) groups excluding carboxylic acids is 2. The van der Waals surface area contributed by atoms with E-state index in [0.717, 1.165) is 4.90 Å². The first-order valence-corrected chi connectivity index (χ1v) is 10.0. The summed E-state index contributed by atoms with van der Waals surface area (Å²) in [6.45, 7) is 5.35. The molecule has 4 rings (SSSR count). The minimum atomic E-state index is -2.78. The zero-order valence-corrected chi connectivity index (χ0v) is 17.8. The average molecular weight is 447 g/mol. The van der Waals surface area contributed by atoms with E-state index in [2.05, 4.69) is 10.3 Å². The lowest BCUT2D eigenvalue weighted by Crippen LogP contribution is -2.46. The van der Waals surface area contributed by atoms with Gasteiger partial charge in [0, 0.05) is 18.0 Å². The van der Waals surface area contributed by atoms with Crippen molar-refractivity contribution < 1.29 is 27.8 Å². The van der Waals surface area contributed by atoms with Crippen LogP contribution in [-0.2, 0) is 20.9 Å². The molecule has 1 fully saturated rings. The van der Waals surface area contributed by atoms with Gasteiger partial charge in [0.15, 0.2) is 11.8 Å². The number of primary amides is 1. The Hall–Kier alpha value is -3.59. The first-order chi connectivity index (χ1) is 15.1. The lowest BCUT2D eigenvalue weighted by atomic mass is 9.99. The van der Waals surface area contributed by atoms with Gasteiger partial charge in [-0.3, -0.25) is 9.69 Å². The molecule has 2 aliphatic heterocycles.